The zero-order valence-corrected chi connectivity index (χ0v) is 25.5. The van der Waals surface area contributed by atoms with Gasteiger partial charge in [0.05, 0.1) is 47.7 Å². The van der Waals surface area contributed by atoms with Crippen LogP contribution in [0.1, 0.15) is 67.4 Å². The molecule has 2 aromatic rings. The number of hydrogen-bond donors (Lipinski definition) is 2. The largest absolute Gasteiger partial charge is 0.365 e. The molecule has 3 atom stereocenters. The summed E-state index contributed by atoms with van der Waals surface area (Å²) in [6.45, 7) is -1.61. The number of nitrogens with zero attached hydrogens (tertiary/aromatic N) is 2. The third-order valence-corrected chi connectivity index (χ3v) is 10.1. The third-order valence-electron chi connectivity index (χ3n) is 8.35. The first-order valence-electron chi connectivity index (χ1n) is 14.8. The van der Waals surface area contributed by atoms with Gasteiger partial charge in [0.2, 0.25) is 11.8 Å². The van der Waals surface area contributed by atoms with Crippen LogP contribution in [0.15, 0.2) is 53.4 Å². The lowest BCUT2D eigenvalue weighted by atomic mass is 9.91. The predicted molar refractivity (Wildman–Crippen MR) is 158 cm³/mol. The summed E-state index contributed by atoms with van der Waals surface area (Å²) in [5, 5.41) is 15.0. The number of nitrogens with one attached hydrogen (secondary N) is 2. The van der Waals surface area contributed by atoms with Gasteiger partial charge in [-0.1, -0.05) is 19.1 Å². The van der Waals surface area contributed by atoms with E-state index in [0.29, 0.717) is 11.3 Å². The average molecular weight is 653 g/mol. The minimum atomic E-state index is -3.41. The van der Waals surface area contributed by atoms with Gasteiger partial charge in [-0.05, 0) is 61.2 Å². The number of nitriles is 1. The fraction of sp³-hybridized carbons (Fsp3) is 0.516. The lowest BCUT2D eigenvalue weighted by molar-refractivity contribution is -0.132. The number of ether oxygens (including phenoxy) is 1. The molecule has 1 aliphatic carbocycles. The van der Waals surface area contributed by atoms with E-state index in [9.17, 15) is 40.8 Å². The Kier molecular flexibility index (Phi) is 11.1. The molecule has 0 aromatic heterocycles. The first kappa shape index (κ1) is 34.2. The molecule has 45 heavy (non-hydrogen) atoms. The number of anilines is 1. The smallest absolute Gasteiger partial charge is 0.345 e. The highest BCUT2D eigenvalue weighted by Gasteiger charge is 2.40. The molecule has 1 heterocycles. The van der Waals surface area contributed by atoms with Crippen LogP contribution < -0.4 is 15.5 Å². The van der Waals surface area contributed by atoms with E-state index in [2.05, 4.69) is 15.4 Å². The van der Waals surface area contributed by atoms with Crippen LogP contribution in [0.4, 0.5) is 23.2 Å². The predicted octanol–water partition coefficient (Wildman–Crippen LogP) is 4.99. The fourth-order valence-corrected chi connectivity index (χ4v) is 6.62. The second-order valence-electron chi connectivity index (χ2n) is 11.4. The van der Waals surface area contributed by atoms with Gasteiger partial charge in [-0.15, -0.1) is 0 Å². The second-order valence-corrected chi connectivity index (χ2v) is 13.7. The van der Waals surface area contributed by atoms with Gasteiger partial charge in [0.25, 0.3) is 5.91 Å². The van der Waals surface area contributed by atoms with Crippen LogP contribution in [0.5, 0.6) is 0 Å². The minimum Gasteiger partial charge on any atom is -0.365 e. The van der Waals surface area contributed by atoms with Crippen molar-refractivity contribution in [3.8, 4) is 6.07 Å². The van der Waals surface area contributed by atoms with Gasteiger partial charge < -0.3 is 20.3 Å². The summed E-state index contributed by atoms with van der Waals surface area (Å²) in [5.74, 6) is -4.17. The molecule has 4 rings (SSSR count). The SMILES string of the molecule is CCS(=O)(=O)c1ccc([C@H](CC#N)NC(=O)c2ccc(N3C[C@@H](C(=O)NC4CCC(F)(F)CC4)C[C@H]3COC(F)F)cc2)cc1. The molecule has 0 radical (unpaired) electrons. The molecule has 1 saturated heterocycles. The van der Waals surface area contributed by atoms with Crippen LogP contribution in [0, 0.1) is 17.2 Å². The lowest BCUT2D eigenvalue weighted by Gasteiger charge is -2.29. The number of sulfone groups is 1. The Hall–Kier alpha value is -3.70. The van der Waals surface area contributed by atoms with Crippen molar-refractivity contribution in [1.29, 1.82) is 5.26 Å². The molecular formula is C31H36F4N4O5S. The normalized spacial score (nSPS) is 20.9. The Morgan fingerprint density at radius 3 is 2.31 bits per heavy atom. The summed E-state index contributed by atoms with van der Waals surface area (Å²) in [6, 6.07) is 12.7. The van der Waals surface area contributed by atoms with Crippen LogP contribution >= 0.6 is 0 Å². The van der Waals surface area contributed by atoms with E-state index in [1.807, 2.05) is 6.07 Å². The Morgan fingerprint density at radius 2 is 1.73 bits per heavy atom. The second kappa shape index (κ2) is 14.6. The first-order valence-corrected chi connectivity index (χ1v) is 16.4. The molecule has 1 saturated carbocycles. The average Bonchev–Trinajstić information content (AvgIpc) is 3.45. The molecular weight excluding hydrogens is 616 g/mol. The number of rotatable bonds is 12. The van der Waals surface area contributed by atoms with Crippen molar-refractivity contribution < 1.29 is 40.3 Å². The summed E-state index contributed by atoms with van der Waals surface area (Å²) in [5.41, 5.74) is 1.39. The van der Waals surface area contributed by atoms with E-state index >= 15 is 0 Å². The van der Waals surface area contributed by atoms with Crippen LogP contribution in [-0.4, -0.2) is 63.8 Å². The maximum absolute atomic E-state index is 13.5. The van der Waals surface area contributed by atoms with E-state index in [1.165, 1.54) is 31.2 Å². The molecule has 0 bridgehead atoms. The zero-order valence-electron chi connectivity index (χ0n) is 24.7. The number of hydrogen-bond acceptors (Lipinski definition) is 7. The van der Waals surface area contributed by atoms with Crippen molar-refractivity contribution in [3.63, 3.8) is 0 Å². The quantitative estimate of drug-likeness (QED) is 0.309. The van der Waals surface area contributed by atoms with Crippen LogP contribution in [0.2, 0.25) is 0 Å². The Bertz CT molecular complexity index is 1470. The molecule has 2 fully saturated rings. The van der Waals surface area contributed by atoms with Gasteiger partial charge >= 0.3 is 6.61 Å². The molecule has 2 N–H and O–H groups in total. The zero-order chi connectivity index (χ0) is 32.8. The van der Waals surface area contributed by atoms with Crippen molar-refractivity contribution in [2.45, 2.75) is 81.0 Å². The van der Waals surface area contributed by atoms with E-state index in [1.54, 1.807) is 29.2 Å². The maximum Gasteiger partial charge on any atom is 0.345 e. The number of halogens is 4. The molecule has 2 amide bonds. The van der Waals surface area contributed by atoms with E-state index in [0.717, 1.165) is 0 Å². The molecule has 1 aliphatic heterocycles. The third kappa shape index (κ3) is 8.94. The van der Waals surface area contributed by atoms with Gasteiger partial charge in [0, 0.05) is 36.7 Å². The monoisotopic (exact) mass is 652 g/mol. The van der Waals surface area contributed by atoms with E-state index in [4.69, 9.17) is 0 Å². The topological polar surface area (TPSA) is 129 Å². The van der Waals surface area contributed by atoms with Gasteiger partial charge in [-0.3, -0.25) is 9.59 Å². The van der Waals surface area contributed by atoms with Crippen molar-refractivity contribution >= 4 is 27.3 Å². The molecule has 2 aliphatic rings. The van der Waals surface area contributed by atoms with Gasteiger partial charge in [-0.25, -0.2) is 17.2 Å². The minimum absolute atomic E-state index is 0.0593. The summed E-state index contributed by atoms with van der Waals surface area (Å²) < 4.78 is 81.6. The number of alkyl halides is 4. The van der Waals surface area contributed by atoms with Crippen LogP contribution in [0.3, 0.4) is 0 Å². The van der Waals surface area contributed by atoms with Crippen molar-refractivity contribution in [2.24, 2.45) is 5.92 Å². The summed E-state index contributed by atoms with van der Waals surface area (Å²) >= 11 is 0. The van der Waals surface area contributed by atoms with Crippen molar-refractivity contribution in [2.75, 3.05) is 23.8 Å². The van der Waals surface area contributed by atoms with Gasteiger partial charge in [0.1, 0.15) is 0 Å². The Balaban J connectivity index is 1.43. The summed E-state index contributed by atoms with van der Waals surface area (Å²) in [6.07, 6.45) is -0.109. The highest BCUT2D eigenvalue weighted by Crippen LogP contribution is 2.34. The van der Waals surface area contributed by atoms with Crippen LogP contribution in [0.25, 0.3) is 0 Å². The highest BCUT2D eigenvalue weighted by atomic mass is 32.2. The molecule has 0 unspecified atom stereocenters. The molecule has 9 nitrogen and oxygen atoms in total. The fourth-order valence-electron chi connectivity index (χ4n) is 5.73. The lowest BCUT2D eigenvalue weighted by Crippen LogP contribution is -2.43. The van der Waals surface area contributed by atoms with Crippen molar-refractivity contribution in [1.82, 2.24) is 10.6 Å². The molecule has 0 spiro atoms. The van der Waals surface area contributed by atoms with Gasteiger partial charge in [-0.2, -0.15) is 14.0 Å². The first-order chi connectivity index (χ1) is 21.3. The molecule has 14 heteroatoms. The van der Waals surface area contributed by atoms with E-state index < -0.39 is 46.3 Å². The van der Waals surface area contributed by atoms with E-state index in [-0.39, 0.29) is 79.8 Å². The van der Waals surface area contributed by atoms with Gasteiger partial charge in [0.15, 0.2) is 9.84 Å². The van der Waals surface area contributed by atoms with Crippen molar-refractivity contribution in [3.05, 3.63) is 59.7 Å². The Labute approximate surface area is 259 Å². The number of amides is 2. The summed E-state index contributed by atoms with van der Waals surface area (Å²) in [7, 11) is -3.41. The standard InChI is InChI=1S/C31H36F4N4O5S/c1-2-45(42,43)26-9-5-20(6-10-26)27(13-16-36)38-28(40)21-3-7-24(8-4-21)39-18-22(17-25(39)19-44-30(32)33)29(41)37-23-11-14-31(34,35)15-12-23/h3-10,22-23,25,27,30H,2,11-15,17-19H2,1H3,(H,37,41)(H,38,40)/t22-,25-,27-/m0/s1. The Morgan fingerprint density at radius 1 is 1.09 bits per heavy atom. The summed E-state index contributed by atoms with van der Waals surface area (Å²) in [4.78, 5) is 28.0. The number of benzene rings is 2. The number of carbonyl (C=O) groups is 2. The molecule has 244 valence electrons. The van der Waals surface area contributed by atoms with Crippen LogP contribution in [-0.2, 0) is 19.4 Å². The molecule has 2 aromatic carbocycles. The number of carbonyl (C=O) groups excluding carboxylic acids is 2. The maximum atomic E-state index is 13.5. The highest BCUT2D eigenvalue weighted by molar-refractivity contribution is 7.91.